The third kappa shape index (κ3) is 12.5. The fourth-order valence-electron chi connectivity index (χ4n) is 5.68. The Kier molecular flexibility index (Phi) is 18.4. The molecule has 1 aromatic carbocycles. The first-order valence-electron chi connectivity index (χ1n) is 16.7. The molecule has 0 aliphatic heterocycles. The van der Waals surface area contributed by atoms with Gasteiger partial charge in [0.15, 0.2) is 0 Å². The van der Waals surface area contributed by atoms with Crippen LogP contribution in [-0.4, -0.2) is 37.7 Å². The number of rotatable bonds is 21. The van der Waals surface area contributed by atoms with Gasteiger partial charge in [0.25, 0.3) is 0 Å². The Hall–Kier alpha value is -2.37. The number of hydrogen-bond donors (Lipinski definition) is 0. The van der Waals surface area contributed by atoms with Crippen molar-refractivity contribution >= 4 is 17.9 Å². The van der Waals surface area contributed by atoms with Gasteiger partial charge < -0.3 is 14.2 Å². The average Bonchev–Trinajstić information content (AvgIpc) is 2.98. The molecule has 1 aromatic rings. The number of benzene rings is 1. The van der Waals surface area contributed by atoms with E-state index in [1.54, 1.807) is 0 Å². The van der Waals surface area contributed by atoms with Gasteiger partial charge in [-0.25, -0.2) is 14.4 Å². The first-order chi connectivity index (χ1) is 20.0. The van der Waals surface area contributed by atoms with Gasteiger partial charge in [0.2, 0.25) is 0 Å². The predicted octanol–water partition coefficient (Wildman–Crippen LogP) is 9.54. The highest BCUT2D eigenvalue weighted by Crippen LogP contribution is 2.25. The molecule has 1 rings (SSSR count). The van der Waals surface area contributed by atoms with E-state index in [0.717, 1.165) is 51.4 Å². The molecule has 0 heterocycles. The molecule has 5 unspecified atom stereocenters. The van der Waals surface area contributed by atoms with Crippen molar-refractivity contribution < 1.29 is 28.6 Å². The Morgan fingerprint density at radius 2 is 1.21 bits per heavy atom. The third-order valence-corrected chi connectivity index (χ3v) is 9.27. The maximum Gasteiger partial charge on any atom is 0.339 e. The Bertz CT molecular complexity index is 939. The van der Waals surface area contributed by atoms with Crippen molar-refractivity contribution in [1.82, 2.24) is 0 Å². The van der Waals surface area contributed by atoms with Crippen LogP contribution in [0.4, 0.5) is 0 Å². The van der Waals surface area contributed by atoms with Crippen LogP contribution in [0.5, 0.6) is 0 Å². The zero-order valence-corrected chi connectivity index (χ0v) is 28.1. The van der Waals surface area contributed by atoms with Crippen molar-refractivity contribution in [3.8, 4) is 0 Å². The molecule has 0 aliphatic rings. The molecule has 240 valence electrons. The molecule has 0 saturated heterocycles. The molecule has 0 radical (unpaired) electrons. The van der Waals surface area contributed by atoms with Gasteiger partial charge in [-0.05, 0) is 79.4 Å². The summed E-state index contributed by atoms with van der Waals surface area (Å²) < 4.78 is 16.9. The van der Waals surface area contributed by atoms with Crippen molar-refractivity contribution in [3.05, 3.63) is 34.9 Å². The minimum Gasteiger partial charge on any atom is -0.462 e. The number of unbranched alkanes of at least 4 members (excludes halogenated alkanes) is 1. The summed E-state index contributed by atoms with van der Waals surface area (Å²) in [6, 6.07) is 4.44. The normalized spacial score (nSPS) is 15.0. The molecule has 0 amide bonds. The summed E-state index contributed by atoms with van der Waals surface area (Å²) in [5.41, 5.74) is 0.383. The van der Waals surface area contributed by atoms with Crippen LogP contribution < -0.4 is 0 Å². The molecule has 0 aliphatic carbocycles. The van der Waals surface area contributed by atoms with Crippen LogP contribution in [0.15, 0.2) is 18.2 Å². The van der Waals surface area contributed by atoms with Gasteiger partial charge in [0.05, 0.1) is 36.5 Å². The topological polar surface area (TPSA) is 78.9 Å². The number of carbonyl (C=O) groups is 3. The number of hydrogen-bond acceptors (Lipinski definition) is 6. The van der Waals surface area contributed by atoms with Gasteiger partial charge in [0.1, 0.15) is 0 Å². The number of carbonyl (C=O) groups excluding carboxylic acids is 3. The minimum atomic E-state index is -0.627. The predicted molar refractivity (Wildman–Crippen MR) is 171 cm³/mol. The van der Waals surface area contributed by atoms with Gasteiger partial charge >= 0.3 is 17.9 Å². The van der Waals surface area contributed by atoms with E-state index in [1.165, 1.54) is 24.6 Å². The first kappa shape index (κ1) is 37.7. The Morgan fingerprint density at radius 3 is 1.76 bits per heavy atom. The number of ether oxygens (including phenoxy) is 3. The lowest BCUT2D eigenvalue weighted by Crippen LogP contribution is -2.23. The van der Waals surface area contributed by atoms with Crippen LogP contribution in [-0.2, 0) is 14.2 Å². The second-order valence-corrected chi connectivity index (χ2v) is 12.5. The number of esters is 3. The highest BCUT2D eigenvalue weighted by atomic mass is 16.5. The summed E-state index contributed by atoms with van der Waals surface area (Å²) in [5.74, 6) is 0.902. The molecule has 6 nitrogen and oxygen atoms in total. The zero-order chi connectivity index (χ0) is 31.7. The van der Waals surface area contributed by atoms with Crippen molar-refractivity contribution in [2.75, 3.05) is 19.8 Å². The van der Waals surface area contributed by atoms with Gasteiger partial charge in [-0.3, -0.25) is 0 Å². The molecule has 0 aromatic heterocycles. The van der Waals surface area contributed by atoms with Crippen molar-refractivity contribution in [2.45, 2.75) is 120 Å². The monoisotopic (exact) mass is 588 g/mol. The summed E-state index contributed by atoms with van der Waals surface area (Å²) >= 11 is 0. The van der Waals surface area contributed by atoms with E-state index < -0.39 is 17.9 Å². The van der Waals surface area contributed by atoms with Gasteiger partial charge in [-0.2, -0.15) is 0 Å². The van der Waals surface area contributed by atoms with E-state index in [2.05, 4.69) is 62.3 Å². The Morgan fingerprint density at radius 1 is 0.619 bits per heavy atom. The van der Waals surface area contributed by atoms with Crippen LogP contribution >= 0.6 is 0 Å². The van der Waals surface area contributed by atoms with Crippen molar-refractivity contribution in [3.63, 3.8) is 0 Å². The van der Waals surface area contributed by atoms with E-state index in [1.807, 2.05) is 0 Å². The third-order valence-electron chi connectivity index (χ3n) is 9.27. The molecule has 6 heteroatoms. The highest BCUT2D eigenvalue weighted by molar-refractivity contribution is 6.05. The molecule has 0 saturated carbocycles. The van der Waals surface area contributed by atoms with E-state index in [0.29, 0.717) is 30.3 Å². The molecule has 0 fully saturated rings. The quantitative estimate of drug-likeness (QED) is 0.0808. The summed E-state index contributed by atoms with van der Waals surface area (Å²) in [7, 11) is 0. The lowest BCUT2D eigenvalue weighted by molar-refractivity contribution is 0.0346. The smallest absolute Gasteiger partial charge is 0.339 e. The lowest BCUT2D eigenvalue weighted by Gasteiger charge is -2.22. The van der Waals surface area contributed by atoms with E-state index >= 15 is 0 Å². The largest absolute Gasteiger partial charge is 0.462 e. The van der Waals surface area contributed by atoms with Gasteiger partial charge in [-0.1, -0.05) is 94.4 Å². The molecule has 0 bridgehead atoms. The molecular formula is C36H60O6. The molecular weight excluding hydrogens is 528 g/mol. The Balaban J connectivity index is 3.02. The van der Waals surface area contributed by atoms with E-state index in [4.69, 9.17) is 14.2 Å². The molecule has 5 atom stereocenters. The lowest BCUT2D eigenvalue weighted by atomic mass is 9.85. The van der Waals surface area contributed by atoms with Gasteiger partial charge in [0, 0.05) is 0 Å². The van der Waals surface area contributed by atoms with Crippen LogP contribution in [0.25, 0.3) is 0 Å². The summed E-state index contributed by atoms with van der Waals surface area (Å²) in [6.07, 6.45) is 9.17. The first-order valence-corrected chi connectivity index (χ1v) is 16.7. The van der Waals surface area contributed by atoms with Crippen LogP contribution in [0.2, 0.25) is 0 Å². The Labute approximate surface area is 256 Å². The van der Waals surface area contributed by atoms with E-state index in [9.17, 15) is 14.4 Å². The van der Waals surface area contributed by atoms with Crippen LogP contribution in [0.1, 0.15) is 151 Å². The maximum atomic E-state index is 13.3. The highest BCUT2D eigenvalue weighted by Gasteiger charge is 2.25. The SMILES string of the molecule is CCCC(C)C(CC)COC(=O)c1ccc(C(=O)OCCCCC(CC)C(C)CC)cc1C(=O)OCC(CC)C(C)C. The summed E-state index contributed by atoms with van der Waals surface area (Å²) in [5, 5.41) is 0. The van der Waals surface area contributed by atoms with Crippen molar-refractivity contribution in [2.24, 2.45) is 35.5 Å². The standard InChI is InChI=1S/C36H60O6/c1-10-17-27(9)30(14-5)24-42-35(38)32-20-19-31(22-33(32)36(39)41-23-29(13-4)25(6)7)34(37)40-21-16-15-18-28(12-3)26(8)11-2/h19-20,22,25-30H,10-18,21,23-24H2,1-9H3. The van der Waals surface area contributed by atoms with E-state index in [-0.39, 0.29) is 41.7 Å². The molecule has 0 N–H and O–H groups in total. The minimum absolute atomic E-state index is 0.0436. The fraction of sp³-hybridized carbons (Fsp3) is 0.750. The molecule has 0 spiro atoms. The fourth-order valence-corrected chi connectivity index (χ4v) is 5.68. The second kappa shape index (κ2) is 20.5. The van der Waals surface area contributed by atoms with Crippen molar-refractivity contribution in [1.29, 1.82) is 0 Å². The average molecular weight is 589 g/mol. The summed E-state index contributed by atoms with van der Waals surface area (Å²) in [4.78, 5) is 39.4. The van der Waals surface area contributed by atoms with Crippen LogP contribution in [0.3, 0.4) is 0 Å². The van der Waals surface area contributed by atoms with Crippen LogP contribution in [0, 0.1) is 35.5 Å². The summed E-state index contributed by atoms with van der Waals surface area (Å²) in [6.45, 7) is 20.3. The maximum absolute atomic E-state index is 13.3. The van der Waals surface area contributed by atoms with Gasteiger partial charge in [-0.15, -0.1) is 0 Å². The zero-order valence-electron chi connectivity index (χ0n) is 28.1. The second-order valence-electron chi connectivity index (χ2n) is 12.5. The molecule has 42 heavy (non-hydrogen) atoms.